The summed E-state index contributed by atoms with van der Waals surface area (Å²) in [6.07, 6.45) is 7.45. The largest absolute Gasteiger partial charge is 0.480 e. The van der Waals surface area contributed by atoms with Crippen molar-refractivity contribution in [3.8, 4) is 0 Å². The van der Waals surface area contributed by atoms with Crippen molar-refractivity contribution in [2.24, 2.45) is 10.9 Å². The monoisotopic (exact) mass is 773 g/mol. The molecule has 7 rings (SSSR count). The van der Waals surface area contributed by atoms with Gasteiger partial charge in [-0.25, -0.2) is 20.1 Å². The average Bonchev–Trinajstić information content (AvgIpc) is 3.89. The maximum atomic E-state index is 13.8. The molecule has 2 saturated heterocycles. The van der Waals surface area contributed by atoms with E-state index in [1.807, 2.05) is 78.9 Å². The number of carbonyl (C=O) groups excluding carboxylic acids is 1. The van der Waals surface area contributed by atoms with Crippen molar-refractivity contribution in [2.75, 3.05) is 18.6 Å². The van der Waals surface area contributed by atoms with Crippen LogP contribution in [0, 0.1) is 9.62 Å². The number of oxazole rings is 1. The fourth-order valence-corrected chi connectivity index (χ4v) is 8.24. The van der Waals surface area contributed by atoms with E-state index in [9.17, 15) is 14.7 Å². The number of nitrogens with one attached hydrogen (secondary N) is 3. The van der Waals surface area contributed by atoms with Crippen LogP contribution in [-0.4, -0.2) is 58.0 Å². The number of carbonyl (C=O) groups is 2. The highest BCUT2D eigenvalue weighted by molar-refractivity contribution is 14.1. The molecule has 10 nitrogen and oxygen atoms in total. The zero-order valence-corrected chi connectivity index (χ0v) is 29.3. The second kappa shape index (κ2) is 14.4. The Bertz CT molecular complexity index is 1790. The first-order valence-corrected chi connectivity index (χ1v) is 18.0. The first-order chi connectivity index (χ1) is 23.8. The summed E-state index contributed by atoms with van der Waals surface area (Å²) in [5.41, 5.74) is 5.46. The summed E-state index contributed by atoms with van der Waals surface area (Å²) in [4.78, 5) is 42.5. The number of aromatic nitrogens is 1. The van der Waals surface area contributed by atoms with E-state index in [0.29, 0.717) is 39.4 Å². The SMILES string of the molecule is O=C(O)C(N=C(c1ccccc1)c1ccccc1NOC(=O)[C@]1(Cc2ccccc2)CCCN1)C(c1nc(I)co1)C1CC2(CCCN2)C1. The van der Waals surface area contributed by atoms with Gasteiger partial charge in [0.2, 0.25) is 5.89 Å². The Balaban J connectivity index is 1.22. The van der Waals surface area contributed by atoms with Crippen LogP contribution >= 0.6 is 22.6 Å². The lowest BCUT2D eigenvalue weighted by Crippen LogP contribution is -2.54. The third-order valence-corrected chi connectivity index (χ3v) is 10.7. The molecule has 3 atom stereocenters. The molecule has 3 aromatic carbocycles. The molecule has 3 fully saturated rings. The van der Waals surface area contributed by atoms with Crippen molar-refractivity contribution >= 4 is 45.9 Å². The van der Waals surface area contributed by atoms with Crippen molar-refractivity contribution in [1.29, 1.82) is 0 Å². The van der Waals surface area contributed by atoms with Crippen LogP contribution in [0.3, 0.4) is 0 Å². The van der Waals surface area contributed by atoms with E-state index in [1.165, 1.54) is 0 Å². The highest BCUT2D eigenvalue weighted by Crippen LogP contribution is 2.51. The zero-order chi connectivity index (χ0) is 33.8. The Kier molecular flexibility index (Phi) is 9.84. The van der Waals surface area contributed by atoms with Gasteiger partial charge in [-0.3, -0.25) is 4.99 Å². The maximum Gasteiger partial charge on any atom is 0.352 e. The summed E-state index contributed by atoms with van der Waals surface area (Å²) in [6.45, 7) is 1.70. The topological polar surface area (TPSA) is 138 Å². The van der Waals surface area contributed by atoms with Gasteiger partial charge in [0.05, 0.1) is 17.3 Å². The van der Waals surface area contributed by atoms with E-state index < -0.39 is 29.4 Å². The molecule has 0 amide bonds. The molecule has 1 aliphatic carbocycles. The minimum atomic E-state index is -1.18. The lowest BCUT2D eigenvalue weighted by molar-refractivity contribution is -0.148. The van der Waals surface area contributed by atoms with Gasteiger partial charge < -0.3 is 25.0 Å². The summed E-state index contributed by atoms with van der Waals surface area (Å²) in [7, 11) is 0. The number of carboxylic acid groups (broad SMARTS) is 1. The smallest absolute Gasteiger partial charge is 0.352 e. The van der Waals surface area contributed by atoms with Crippen LogP contribution in [0.25, 0.3) is 0 Å². The van der Waals surface area contributed by atoms with Crippen LogP contribution < -0.4 is 16.1 Å². The highest BCUT2D eigenvalue weighted by Gasteiger charge is 2.53. The van der Waals surface area contributed by atoms with E-state index in [1.54, 1.807) is 12.3 Å². The second-order valence-corrected chi connectivity index (χ2v) is 14.6. The minimum absolute atomic E-state index is 0.0240. The third-order valence-electron chi connectivity index (χ3n) is 10.3. The van der Waals surface area contributed by atoms with Crippen molar-refractivity contribution < 1.29 is 24.0 Å². The number of anilines is 1. The van der Waals surface area contributed by atoms with Gasteiger partial charge in [-0.1, -0.05) is 78.9 Å². The highest BCUT2D eigenvalue weighted by atomic mass is 127. The van der Waals surface area contributed by atoms with Gasteiger partial charge >= 0.3 is 11.9 Å². The Morgan fingerprint density at radius 1 is 0.980 bits per heavy atom. The number of nitrogens with zero attached hydrogens (tertiary/aromatic N) is 2. The van der Waals surface area contributed by atoms with Crippen molar-refractivity contribution in [3.63, 3.8) is 0 Å². The second-order valence-electron chi connectivity index (χ2n) is 13.5. The number of benzene rings is 3. The fraction of sp³-hybridized carbons (Fsp3) is 0.368. The zero-order valence-electron chi connectivity index (χ0n) is 27.1. The molecule has 3 aliphatic rings. The van der Waals surface area contributed by atoms with Gasteiger partial charge in [-0.15, -0.1) is 0 Å². The van der Waals surface area contributed by atoms with Crippen molar-refractivity contribution in [3.05, 3.63) is 117 Å². The number of hydrogen-bond donors (Lipinski definition) is 4. The van der Waals surface area contributed by atoms with E-state index in [0.717, 1.165) is 56.3 Å². The van der Waals surface area contributed by atoms with Crippen LogP contribution in [0.15, 0.2) is 101 Å². The average molecular weight is 774 g/mol. The first kappa shape index (κ1) is 33.4. The number of para-hydroxylation sites is 1. The molecule has 2 aliphatic heterocycles. The number of rotatable bonds is 12. The Morgan fingerprint density at radius 2 is 1.67 bits per heavy atom. The lowest BCUT2D eigenvalue weighted by Gasteiger charge is -2.48. The van der Waals surface area contributed by atoms with Gasteiger partial charge in [-0.2, -0.15) is 0 Å². The molecule has 4 aromatic rings. The van der Waals surface area contributed by atoms with Crippen molar-refractivity contribution in [2.45, 2.75) is 68.0 Å². The molecule has 0 bridgehead atoms. The summed E-state index contributed by atoms with van der Waals surface area (Å²) >= 11 is 2.09. The Morgan fingerprint density at radius 3 is 2.33 bits per heavy atom. The van der Waals surface area contributed by atoms with Crippen molar-refractivity contribution in [1.82, 2.24) is 15.6 Å². The van der Waals surface area contributed by atoms with Gasteiger partial charge in [0.1, 0.15) is 15.5 Å². The summed E-state index contributed by atoms with van der Waals surface area (Å²) in [5.74, 6) is -1.62. The molecule has 1 spiro atoms. The van der Waals surface area contributed by atoms with Crippen LogP contribution in [-0.2, 0) is 20.8 Å². The minimum Gasteiger partial charge on any atom is -0.480 e. The normalized spacial score (nSPS) is 24.7. The van der Waals surface area contributed by atoms with Gasteiger partial charge in [0.15, 0.2) is 6.04 Å². The lowest BCUT2D eigenvalue weighted by atomic mass is 9.61. The Labute approximate surface area is 299 Å². The van der Waals surface area contributed by atoms with E-state index in [2.05, 4.69) is 43.7 Å². The molecular formula is C38H40IN5O5. The third kappa shape index (κ3) is 7.15. The molecule has 0 radical (unpaired) electrons. The van der Waals surface area contributed by atoms with Gasteiger partial charge in [0, 0.05) is 23.1 Å². The van der Waals surface area contributed by atoms with Gasteiger partial charge in [0.25, 0.3) is 0 Å². The predicted molar refractivity (Wildman–Crippen MR) is 194 cm³/mol. The quantitative estimate of drug-likeness (QED) is 0.0763. The van der Waals surface area contributed by atoms with Crippen LogP contribution in [0.5, 0.6) is 0 Å². The molecule has 11 heteroatoms. The molecule has 254 valence electrons. The van der Waals surface area contributed by atoms with E-state index in [4.69, 9.17) is 14.2 Å². The Hall–Kier alpha value is -4.07. The molecular weight excluding hydrogens is 733 g/mol. The summed E-state index contributed by atoms with van der Waals surface area (Å²) in [5, 5.41) is 17.9. The molecule has 49 heavy (non-hydrogen) atoms. The molecule has 1 aromatic heterocycles. The van der Waals surface area contributed by atoms with Crippen LogP contribution in [0.1, 0.15) is 67.0 Å². The number of hydrogen-bond acceptors (Lipinski definition) is 9. The van der Waals surface area contributed by atoms with Gasteiger partial charge in [-0.05, 0) is 91.8 Å². The maximum absolute atomic E-state index is 13.8. The van der Waals surface area contributed by atoms with E-state index >= 15 is 0 Å². The standard InChI is InChI=1S/C38H40IN5O5/c39-30-24-48-34(42-30)31(27-22-37(23-27)17-9-19-40-37)33(35(45)46)43-32(26-13-5-2-6-14-26)28-15-7-8-16-29(28)44-49-36(47)38(18-10-20-41-38)21-25-11-3-1-4-12-25/h1-8,11-16,24,27,31,33,40-41,44H,9-10,17-23H2,(H,45,46)/t27?,31?,33?,37?,38-/m1/s1. The van der Waals surface area contributed by atoms with Crippen LogP contribution in [0.4, 0.5) is 5.69 Å². The molecule has 4 N–H and O–H groups in total. The molecule has 1 saturated carbocycles. The van der Waals surface area contributed by atoms with E-state index in [-0.39, 0.29) is 11.5 Å². The summed E-state index contributed by atoms with van der Waals surface area (Å²) < 4.78 is 6.57. The molecule has 2 unspecified atom stereocenters. The first-order valence-electron chi connectivity index (χ1n) is 16.9. The summed E-state index contributed by atoms with van der Waals surface area (Å²) in [6, 6.07) is 25.6. The number of halogens is 1. The molecule has 3 heterocycles. The predicted octanol–water partition coefficient (Wildman–Crippen LogP) is 6.12. The number of carboxylic acids is 1. The number of aliphatic carboxylic acids is 1. The number of aliphatic imine (C=N–C) groups is 1. The fourth-order valence-electron chi connectivity index (χ4n) is 7.88. The van der Waals surface area contributed by atoms with Crippen LogP contribution in [0.2, 0.25) is 0 Å².